The maximum atomic E-state index is 13.0. The molecule has 0 spiro atoms. The predicted molar refractivity (Wildman–Crippen MR) is 86.8 cm³/mol. The van der Waals surface area contributed by atoms with E-state index in [1.165, 1.54) is 12.1 Å². The first-order chi connectivity index (χ1) is 9.90. The molecule has 112 valence electrons. The minimum absolute atomic E-state index is 0.0541. The van der Waals surface area contributed by atoms with Gasteiger partial charge in [-0.05, 0) is 29.8 Å². The average Bonchev–Trinajstić information content (AvgIpc) is 2.47. The lowest BCUT2D eigenvalue weighted by Crippen LogP contribution is -2.39. The minimum atomic E-state index is -0.215. The zero-order valence-electron chi connectivity index (χ0n) is 12.9. The van der Waals surface area contributed by atoms with Crippen LogP contribution < -0.4 is 10.6 Å². The lowest BCUT2D eigenvalue weighted by molar-refractivity contribution is 0.296. The summed E-state index contributed by atoms with van der Waals surface area (Å²) in [6.07, 6.45) is 0. The number of nitrogens with two attached hydrogens (primary N) is 1. The van der Waals surface area contributed by atoms with Crippen molar-refractivity contribution in [1.82, 2.24) is 0 Å². The summed E-state index contributed by atoms with van der Waals surface area (Å²) in [4.78, 5) is 2.11. The molecule has 0 amide bonds. The van der Waals surface area contributed by atoms with Crippen LogP contribution in [0.25, 0.3) is 0 Å². The van der Waals surface area contributed by atoms with Gasteiger partial charge >= 0.3 is 0 Å². The van der Waals surface area contributed by atoms with Crippen LogP contribution in [0.1, 0.15) is 25.5 Å². The number of anilines is 1. The number of rotatable bonds is 5. The fourth-order valence-electron chi connectivity index (χ4n) is 2.61. The van der Waals surface area contributed by atoms with Gasteiger partial charge in [-0.25, -0.2) is 4.39 Å². The molecule has 1 atom stereocenters. The van der Waals surface area contributed by atoms with Crippen LogP contribution in [0.15, 0.2) is 54.6 Å². The molecule has 2 rings (SSSR count). The predicted octanol–water partition coefficient (Wildman–Crippen LogP) is 3.99. The first-order valence-corrected chi connectivity index (χ1v) is 7.17. The first kappa shape index (κ1) is 15.5. The van der Waals surface area contributed by atoms with Gasteiger partial charge < -0.3 is 10.6 Å². The molecular formula is C18H23FN2. The Bertz CT molecular complexity index is 564. The number of nitrogens with zero attached hydrogens (tertiary/aromatic N) is 1. The highest BCUT2D eigenvalue weighted by Crippen LogP contribution is 2.33. The summed E-state index contributed by atoms with van der Waals surface area (Å²) in [5, 5.41) is 0. The van der Waals surface area contributed by atoms with Gasteiger partial charge in [-0.3, -0.25) is 0 Å². The van der Waals surface area contributed by atoms with Crippen molar-refractivity contribution in [3.63, 3.8) is 0 Å². The molecule has 0 aliphatic heterocycles. The fraction of sp³-hybridized carbons (Fsp3) is 0.333. The monoisotopic (exact) mass is 286 g/mol. The molecule has 2 aromatic rings. The Labute approximate surface area is 126 Å². The molecule has 2 nitrogen and oxygen atoms in total. The van der Waals surface area contributed by atoms with E-state index < -0.39 is 0 Å². The Kier molecular flexibility index (Phi) is 4.63. The Balaban J connectivity index is 2.11. The third-order valence-corrected chi connectivity index (χ3v) is 3.91. The number of halogens is 1. The lowest BCUT2D eigenvalue weighted by atomic mass is 9.80. The molecule has 0 saturated carbocycles. The Morgan fingerprint density at radius 3 is 2.19 bits per heavy atom. The van der Waals surface area contributed by atoms with E-state index in [0.717, 1.165) is 17.8 Å². The van der Waals surface area contributed by atoms with Crippen LogP contribution in [0.2, 0.25) is 0 Å². The molecule has 0 bridgehead atoms. The summed E-state index contributed by atoms with van der Waals surface area (Å²) in [6, 6.07) is 16.6. The van der Waals surface area contributed by atoms with Gasteiger partial charge in [0.05, 0.1) is 0 Å². The van der Waals surface area contributed by atoms with Crippen molar-refractivity contribution in [1.29, 1.82) is 0 Å². The average molecular weight is 286 g/mol. The highest BCUT2D eigenvalue weighted by molar-refractivity contribution is 5.45. The Morgan fingerprint density at radius 1 is 1.05 bits per heavy atom. The minimum Gasteiger partial charge on any atom is -0.374 e. The van der Waals surface area contributed by atoms with Crippen LogP contribution in [0.5, 0.6) is 0 Å². The highest BCUT2D eigenvalue weighted by Gasteiger charge is 2.29. The van der Waals surface area contributed by atoms with E-state index in [1.807, 2.05) is 25.2 Å². The van der Waals surface area contributed by atoms with Crippen molar-refractivity contribution < 1.29 is 4.39 Å². The summed E-state index contributed by atoms with van der Waals surface area (Å²) in [7, 11) is 2.01. The van der Waals surface area contributed by atoms with E-state index in [4.69, 9.17) is 5.73 Å². The van der Waals surface area contributed by atoms with Gasteiger partial charge in [0.1, 0.15) is 5.82 Å². The van der Waals surface area contributed by atoms with Crippen LogP contribution in [-0.2, 0) is 0 Å². The lowest BCUT2D eigenvalue weighted by Gasteiger charge is -2.36. The second-order valence-corrected chi connectivity index (χ2v) is 6.21. The molecule has 0 aliphatic carbocycles. The summed E-state index contributed by atoms with van der Waals surface area (Å²) in [5.41, 5.74) is 8.45. The third-order valence-electron chi connectivity index (χ3n) is 3.91. The van der Waals surface area contributed by atoms with Crippen molar-refractivity contribution >= 4 is 5.69 Å². The van der Waals surface area contributed by atoms with Gasteiger partial charge in [-0.2, -0.15) is 0 Å². The number of hydrogen-bond donors (Lipinski definition) is 1. The zero-order chi connectivity index (χ0) is 15.5. The number of hydrogen-bond acceptors (Lipinski definition) is 2. The van der Waals surface area contributed by atoms with E-state index >= 15 is 0 Å². The second-order valence-electron chi connectivity index (χ2n) is 6.21. The summed E-state index contributed by atoms with van der Waals surface area (Å²) >= 11 is 0. The van der Waals surface area contributed by atoms with Gasteiger partial charge in [0.2, 0.25) is 0 Å². The molecule has 21 heavy (non-hydrogen) atoms. The van der Waals surface area contributed by atoms with Crippen molar-refractivity contribution in [3.05, 3.63) is 66.0 Å². The van der Waals surface area contributed by atoms with Crippen molar-refractivity contribution in [2.75, 3.05) is 18.5 Å². The summed E-state index contributed by atoms with van der Waals surface area (Å²) in [6.45, 7) is 5.10. The molecule has 0 heterocycles. The van der Waals surface area contributed by atoms with Crippen molar-refractivity contribution in [2.45, 2.75) is 19.9 Å². The molecule has 3 heteroatoms. The van der Waals surface area contributed by atoms with Crippen molar-refractivity contribution in [2.24, 2.45) is 11.1 Å². The fourth-order valence-corrected chi connectivity index (χ4v) is 2.61. The highest BCUT2D eigenvalue weighted by atomic mass is 19.1. The largest absolute Gasteiger partial charge is 0.374 e. The third kappa shape index (κ3) is 3.82. The normalized spacial score (nSPS) is 13.0. The van der Waals surface area contributed by atoms with E-state index in [0.29, 0.717) is 0 Å². The Hall–Kier alpha value is -1.87. The molecule has 2 N–H and O–H groups in total. The van der Waals surface area contributed by atoms with Crippen LogP contribution in [0.4, 0.5) is 10.1 Å². The van der Waals surface area contributed by atoms with E-state index in [9.17, 15) is 4.39 Å². The SMILES string of the molecule is CN(CC(C)(C)C(N)c1ccccc1)c1ccc(F)cc1. The molecule has 1 unspecified atom stereocenters. The molecule has 0 saturated heterocycles. The molecule has 0 aliphatic rings. The maximum absolute atomic E-state index is 13.0. The quantitative estimate of drug-likeness (QED) is 0.900. The van der Waals surface area contributed by atoms with Crippen LogP contribution in [-0.4, -0.2) is 13.6 Å². The van der Waals surface area contributed by atoms with E-state index in [2.05, 4.69) is 30.9 Å². The second kappa shape index (κ2) is 6.27. The summed E-state index contributed by atoms with van der Waals surface area (Å²) < 4.78 is 13.0. The van der Waals surface area contributed by atoms with Gasteiger partial charge in [-0.15, -0.1) is 0 Å². The van der Waals surface area contributed by atoms with Crippen LogP contribution in [0, 0.1) is 11.2 Å². The summed E-state index contributed by atoms with van der Waals surface area (Å²) in [5.74, 6) is -0.215. The standard InChI is InChI=1S/C18H23FN2/c1-18(2,17(20)14-7-5-4-6-8-14)13-21(3)16-11-9-15(19)10-12-16/h4-12,17H,13,20H2,1-3H3. The molecule has 0 fully saturated rings. The van der Waals surface area contributed by atoms with Gasteiger partial charge in [-0.1, -0.05) is 44.2 Å². The first-order valence-electron chi connectivity index (χ1n) is 7.17. The van der Waals surface area contributed by atoms with Crippen LogP contribution in [0.3, 0.4) is 0 Å². The number of benzene rings is 2. The molecular weight excluding hydrogens is 263 g/mol. The van der Waals surface area contributed by atoms with Gasteiger partial charge in [0, 0.05) is 30.7 Å². The van der Waals surface area contributed by atoms with E-state index in [1.54, 1.807) is 12.1 Å². The topological polar surface area (TPSA) is 29.3 Å². The smallest absolute Gasteiger partial charge is 0.123 e. The van der Waals surface area contributed by atoms with Gasteiger partial charge in [0.15, 0.2) is 0 Å². The Morgan fingerprint density at radius 2 is 1.62 bits per heavy atom. The molecule has 0 radical (unpaired) electrons. The molecule has 2 aromatic carbocycles. The molecule has 0 aromatic heterocycles. The van der Waals surface area contributed by atoms with Gasteiger partial charge in [0.25, 0.3) is 0 Å². The zero-order valence-corrected chi connectivity index (χ0v) is 12.9. The van der Waals surface area contributed by atoms with Crippen molar-refractivity contribution in [3.8, 4) is 0 Å². The van der Waals surface area contributed by atoms with Crippen LogP contribution >= 0.6 is 0 Å². The van der Waals surface area contributed by atoms with E-state index in [-0.39, 0.29) is 17.3 Å². The maximum Gasteiger partial charge on any atom is 0.123 e.